The predicted molar refractivity (Wildman–Crippen MR) is 120 cm³/mol. The summed E-state index contributed by atoms with van der Waals surface area (Å²) in [5.41, 5.74) is 0.949. The normalized spacial score (nSPS) is 16.0. The predicted octanol–water partition coefficient (Wildman–Crippen LogP) is 3.31. The summed E-state index contributed by atoms with van der Waals surface area (Å²) in [5, 5.41) is 16.8. The number of benzene rings is 1. The van der Waals surface area contributed by atoms with Crippen molar-refractivity contribution < 1.29 is 14.7 Å². The number of aromatic nitrogens is 2. The average Bonchev–Trinajstić information content (AvgIpc) is 3.19. The van der Waals surface area contributed by atoms with Crippen LogP contribution in [0.3, 0.4) is 0 Å². The maximum atomic E-state index is 12.4. The zero-order valence-electron chi connectivity index (χ0n) is 16.8. The van der Waals surface area contributed by atoms with E-state index < -0.39 is 5.97 Å². The number of pyridine rings is 1. The zero-order valence-corrected chi connectivity index (χ0v) is 17.6. The van der Waals surface area contributed by atoms with E-state index in [1.165, 1.54) is 11.3 Å². The summed E-state index contributed by atoms with van der Waals surface area (Å²) in [6, 6.07) is 15.0. The van der Waals surface area contributed by atoms with E-state index in [1.807, 2.05) is 41.3 Å². The lowest BCUT2D eigenvalue weighted by molar-refractivity contribution is -0.121. The van der Waals surface area contributed by atoms with Crippen LogP contribution in [0.25, 0.3) is 0 Å². The Hall–Kier alpha value is -3.46. The van der Waals surface area contributed by atoms with E-state index in [1.54, 1.807) is 18.3 Å². The van der Waals surface area contributed by atoms with Crippen molar-refractivity contribution in [3.05, 3.63) is 66.0 Å². The summed E-state index contributed by atoms with van der Waals surface area (Å²) >= 11 is 1.28. The quantitative estimate of drug-likeness (QED) is 0.520. The Morgan fingerprint density at radius 3 is 2.71 bits per heavy atom. The van der Waals surface area contributed by atoms with Crippen LogP contribution in [-0.4, -0.2) is 46.1 Å². The van der Waals surface area contributed by atoms with Gasteiger partial charge in [-0.15, -0.1) is 0 Å². The molecule has 1 aliphatic rings. The molecule has 1 fully saturated rings. The second kappa shape index (κ2) is 9.57. The second-order valence-corrected chi connectivity index (χ2v) is 8.31. The highest BCUT2D eigenvalue weighted by Crippen LogP contribution is 2.34. The Kier molecular flexibility index (Phi) is 6.42. The average molecular weight is 438 g/mol. The van der Waals surface area contributed by atoms with Gasteiger partial charge in [-0.05, 0) is 30.5 Å². The van der Waals surface area contributed by atoms with Gasteiger partial charge in [0.05, 0.1) is 6.42 Å². The van der Waals surface area contributed by atoms with Gasteiger partial charge < -0.3 is 20.6 Å². The largest absolute Gasteiger partial charge is 0.476 e. The summed E-state index contributed by atoms with van der Waals surface area (Å²) in [4.78, 5) is 34.7. The van der Waals surface area contributed by atoms with E-state index in [2.05, 4.69) is 20.6 Å². The third-order valence-corrected chi connectivity index (χ3v) is 6.02. The molecule has 0 aliphatic carbocycles. The number of hydrogen-bond donors (Lipinski definition) is 3. The molecule has 1 atom stereocenters. The highest BCUT2D eigenvalue weighted by molar-refractivity contribution is 7.20. The van der Waals surface area contributed by atoms with Crippen LogP contribution < -0.4 is 15.5 Å². The third kappa shape index (κ3) is 5.37. The van der Waals surface area contributed by atoms with Gasteiger partial charge in [-0.2, -0.15) is 0 Å². The first-order valence-corrected chi connectivity index (χ1v) is 10.9. The topological polar surface area (TPSA) is 107 Å². The SMILES string of the molecule is O=C(Cc1ccccc1)N[C@@H]1CCCN(c2nc(C(=O)O)c(Nc3ccccn3)s2)C1. The molecule has 4 rings (SSSR count). The van der Waals surface area contributed by atoms with Gasteiger partial charge in [0.15, 0.2) is 10.8 Å². The minimum atomic E-state index is -1.09. The van der Waals surface area contributed by atoms with Gasteiger partial charge in [0.1, 0.15) is 10.8 Å². The lowest BCUT2D eigenvalue weighted by Crippen LogP contribution is -2.48. The van der Waals surface area contributed by atoms with Gasteiger partial charge in [0, 0.05) is 25.3 Å². The van der Waals surface area contributed by atoms with Gasteiger partial charge >= 0.3 is 5.97 Å². The highest BCUT2D eigenvalue weighted by Gasteiger charge is 2.26. The number of aromatic carboxylic acids is 1. The van der Waals surface area contributed by atoms with E-state index >= 15 is 0 Å². The van der Waals surface area contributed by atoms with Crippen molar-refractivity contribution in [1.29, 1.82) is 0 Å². The number of piperidine rings is 1. The number of carboxylic acids is 1. The lowest BCUT2D eigenvalue weighted by atomic mass is 10.1. The molecule has 0 unspecified atom stereocenters. The van der Waals surface area contributed by atoms with E-state index in [4.69, 9.17) is 0 Å². The van der Waals surface area contributed by atoms with Crippen LogP contribution in [-0.2, 0) is 11.2 Å². The Morgan fingerprint density at radius 1 is 1.16 bits per heavy atom. The first-order chi connectivity index (χ1) is 15.1. The number of nitrogens with one attached hydrogen (secondary N) is 2. The van der Waals surface area contributed by atoms with E-state index in [0.29, 0.717) is 28.9 Å². The molecule has 0 saturated carbocycles. The fourth-order valence-electron chi connectivity index (χ4n) is 3.56. The van der Waals surface area contributed by atoms with Crippen molar-refractivity contribution in [2.24, 2.45) is 0 Å². The van der Waals surface area contributed by atoms with Crippen molar-refractivity contribution in [2.45, 2.75) is 25.3 Å². The summed E-state index contributed by atoms with van der Waals surface area (Å²) in [7, 11) is 0. The number of amides is 1. The maximum Gasteiger partial charge on any atom is 0.357 e. The Morgan fingerprint density at radius 2 is 1.97 bits per heavy atom. The Labute approximate surface area is 184 Å². The first-order valence-electron chi connectivity index (χ1n) is 10.1. The van der Waals surface area contributed by atoms with Crippen LogP contribution in [0, 0.1) is 0 Å². The number of carbonyl (C=O) groups excluding carboxylic acids is 1. The van der Waals surface area contributed by atoms with Gasteiger partial charge in [-0.1, -0.05) is 47.7 Å². The highest BCUT2D eigenvalue weighted by atomic mass is 32.1. The molecule has 9 heteroatoms. The Bertz CT molecular complexity index is 1040. The van der Waals surface area contributed by atoms with Crippen LogP contribution in [0.15, 0.2) is 54.7 Å². The number of carbonyl (C=O) groups is 2. The van der Waals surface area contributed by atoms with Crippen molar-refractivity contribution in [1.82, 2.24) is 15.3 Å². The van der Waals surface area contributed by atoms with E-state index in [9.17, 15) is 14.7 Å². The summed E-state index contributed by atoms with van der Waals surface area (Å²) < 4.78 is 0. The van der Waals surface area contributed by atoms with Crippen LogP contribution in [0.2, 0.25) is 0 Å². The van der Waals surface area contributed by atoms with E-state index in [0.717, 1.165) is 24.9 Å². The maximum absolute atomic E-state index is 12.4. The molecule has 1 aliphatic heterocycles. The lowest BCUT2D eigenvalue weighted by Gasteiger charge is -2.33. The smallest absolute Gasteiger partial charge is 0.357 e. The van der Waals surface area contributed by atoms with Crippen LogP contribution >= 0.6 is 11.3 Å². The molecule has 0 radical (unpaired) electrons. The van der Waals surface area contributed by atoms with Crippen molar-refractivity contribution in [3.8, 4) is 0 Å². The zero-order chi connectivity index (χ0) is 21.6. The molecule has 1 saturated heterocycles. The second-order valence-electron chi connectivity index (χ2n) is 7.33. The number of anilines is 3. The molecular formula is C22H23N5O3S. The minimum absolute atomic E-state index is 0.00524. The third-order valence-electron chi connectivity index (χ3n) is 4.99. The standard InChI is InChI=1S/C22H23N5O3S/c28-18(13-15-7-2-1-3-8-15)24-16-9-6-12-27(14-16)22-26-19(21(29)30)20(31-22)25-17-10-4-5-11-23-17/h1-5,7-8,10-11,16H,6,9,12-14H2,(H,23,25)(H,24,28)(H,29,30)/t16-/m1/s1. The van der Waals surface area contributed by atoms with Crippen molar-refractivity contribution >= 4 is 39.2 Å². The van der Waals surface area contributed by atoms with Crippen LogP contribution in [0.4, 0.5) is 16.0 Å². The van der Waals surface area contributed by atoms with Crippen LogP contribution in [0.1, 0.15) is 28.9 Å². The number of nitrogens with zero attached hydrogens (tertiary/aromatic N) is 3. The van der Waals surface area contributed by atoms with Crippen molar-refractivity contribution in [2.75, 3.05) is 23.3 Å². The molecule has 1 amide bonds. The van der Waals surface area contributed by atoms with Gasteiger partial charge in [0.25, 0.3) is 0 Å². The molecule has 0 bridgehead atoms. The molecule has 3 aromatic rings. The molecule has 2 aromatic heterocycles. The Balaban J connectivity index is 1.43. The summed E-state index contributed by atoms with van der Waals surface area (Å²) in [6.07, 6.45) is 3.75. The van der Waals surface area contributed by atoms with Gasteiger partial charge in [-0.25, -0.2) is 14.8 Å². The molecule has 1 aromatic carbocycles. The van der Waals surface area contributed by atoms with Crippen LogP contribution in [0.5, 0.6) is 0 Å². The molecule has 3 heterocycles. The molecule has 8 nitrogen and oxygen atoms in total. The fraction of sp³-hybridized carbons (Fsp3) is 0.273. The van der Waals surface area contributed by atoms with Crippen molar-refractivity contribution in [3.63, 3.8) is 0 Å². The fourth-order valence-corrected chi connectivity index (χ4v) is 4.56. The van der Waals surface area contributed by atoms with Gasteiger partial charge in [0.2, 0.25) is 5.91 Å². The molecule has 0 spiro atoms. The minimum Gasteiger partial charge on any atom is -0.476 e. The summed E-state index contributed by atoms with van der Waals surface area (Å²) in [5.74, 6) is -0.545. The first kappa shape index (κ1) is 20.8. The molecule has 31 heavy (non-hydrogen) atoms. The number of carboxylic acid groups (broad SMARTS) is 1. The monoisotopic (exact) mass is 437 g/mol. The van der Waals surface area contributed by atoms with E-state index in [-0.39, 0.29) is 17.6 Å². The number of rotatable bonds is 7. The molecular weight excluding hydrogens is 414 g/mol. The molecule has 3 N–H and O–H groups in total. The summed E-state index contributed by atoms with van der Waals surface area (Å²) in [6.45, 7) is 1.36. The molecule has 160 valence electrons. The number of thiazole rings is 1. The number of hydrogen-bond acceptors (Lipinski definition) is 7. The van der Waals surface area contributed by atoms with Gasteiger partial charge in [-0.3, -0.25) is 4.79 Å².